The molecule has 2 N–H and O–H groups in total. The molecule has 3 rings (SSSR count). The molecule has 1 aliphatic heterocycles. The van der Waals surface area contributed by atoms with Crippen LogP contribution in [-0.4, -0.2) is 72.7 Å². The standard InChI is InChI=1S/C27H37NO8/c1-27(2,3)35-26(31)36-28-16-22(29)25(23(30)17-28)19-10-12-21(13-11-19)34-15-7-14-33-18-20-8-5-6-9-24(20)32-4/h5-6,8-13,22-23,25,29-30H,7,14-18H2,1-4H3/t22-,23+,25?. The molecule has 0 spiro atoms. The molecular weight excluding hydrogens is 466 g/mol. The number of hydrogen-bond acceptors (Lipinski definition) is 9. The van der Waals surface area contributed by atoms with E-state index in [0.717, 1.165) is 23.3 Å². The number of aliphatic hydroxyl groups is 2. The number of methoxy groups -OCH3 is 1. The maximum atomic E-state index is 11.9. The average Bonchev–Trinajstić information content (AvgIpc) is 2.80. The number of piperidine rings is 1. The number of para-hydroxylation sites is 1. The second kappa shape index (κ2) is 12.9. The fourth-order valence-electron chi connectivity index (χ4n) is 4.01. The minimum Gasteiger partial charge on any atom is -0.496 e. The van der Waals surface area contributed by atoms with Crippen molar-refractivity contribution in [1.82, 2.24) is 5.06 Å². The average molecular weight is 504 g/mol. The summed E-state index contributed by atoms with van der Waals surface area (Å²) in [4.78, 5) is 17.0. The van der Waals surface area contributed by atoms with E-state index in [9.17, 15) is 15.0 Å². The Hall–Kier alpha value is -2.85. The van der Waals surface area contributed by atoms with Crippen LogP contribution in [0.1, 0.15) is 44.2 Å². The summed E-state index contributed by atoms with van der Waals surface area (Å²) in [5.74, 6) is 0.990. The molecule has 1 fully saturated rings. The molecule has 0 saturated carbocycles. The number of β-amino-alcohol motifs (C(OH)–C–C–N with tert-alkyl or cyclic N) is 2. The van der Waals surface area contributed by atoms with Crippen molar-refractivity contribution in [2.45, 2.75) is 57.5 Å². The normalized spacial score (nSPS) is 20.6. The van der Waals surface area contributed by atoms with Gasteiger partial charge in [-0.3, -0.25) is 0 Å². The van der Waals surface area contributed by atoms with E-state index in [1.807, 2.05) is 48.5 Å². The molecule has 198 valence electrons. The van der Waals surface area contributed by atoms with E-state index in [4.69, 9.17) is 23.8 Å². The molecule has 1 saturated heterocycles. The van der Waals surface area contributed by atoms with E-state index >= 15 is 0 Å². The smallest absolute Gasteiger partial charge is 0.496 e. The number of hydrogen-bond donors (Lipinski definition) is 2. The fourth-order valence-corrected chi connectivity index (χ4v) is 4.01. The summed E-state index contributed by atoms with van der Waals surface area (Å²) in [6.45, 7) is 6.85. The number of benzene rings is 2. The van der Waals surface area contributed by atoms with E-state index in [0.29, 0.717) is 25.6 Å². The molecule has 9 nitrogen and oxygen atoms in total. The molecule has 2 aromatic carbocycles. The van der Waals surface area contributed by atoms with Crippen LogP contribution in [0.3, 0.4) is 0 Å². The van der Waals surface area contributed by atoms with Crippen molar-refractivity contribution in [3.05, 3.63) is 59.7 Å². The van der Waals surface area contributed by atoms with Crippen molar-refractivity contribution in [2.75, 3.05) is 33.4 Å². The predicted octanol–water partition coefficient (Wildman–Crippen LogP) is 3.67. The van der Waals surface area contributed by atoms with Gasteiger partial charge >= 0.3 is 6.16 Å². The van der Waals surface area contributed by atoms with Crippen LogP contribution in [0, 0.1) is 0 Å². The van der Waals surface area contributed by atoms with Gasteiger partial charge in [-0.05, 0) is 44.5 Å². The highest BCUT2D eigenvalue weighted by atomic mass is 16.8. The summed E-state index contributed by atoms with van der Waals surface area (Å²) >= 11 is 0. The molecule has 0 radical (unpaired) electrons. The minimum absolute atomic E-state index is 0.0636. The maximum absolute atomic E-state index is 11.9. The van der Waals surface area contributed by atoms with Gasteiger partial charge in [0.2, 0.25) is 0 Å². The zero-order valence-electron chi connectivity index (χ0n) is 21.4. The Morgan fingerprint density at radius 2 is 1.67 bits per heavy atom. The van der Waals surface area contributed by atoms with Crippen LogP contribution in [-0.2, 0) is 20.9 Å². The third kappa shape index (κ3) is 8.37. The highest BCUT2D eigenvalue weighted by Crippen LogP contribution is 2.30. The summed E-state index contributed by atoms with van der Waals surface area (Å²) in [6, 6.07) is 15.0. The predicted molar refractivity (Wildman–Crippen MR) is 133 cm³/mol. The molecule has 0 bridgehead atoms. The maximum Gasteiger partial charge on any atom is 0.528 e. The van der Waals surface area contributed by atoms with Crippen molar-refractivity contribution in [3.8, 4) is 11.5 Å². The van der Waals surface area contributed by atoms with Gasteiger partial charge in [0.05, 0.1) is 52.2 Å². The molecule has 1 aliphatic rings. The van der Waals surface area contributed by atoms with Crippen molar-refractivity contribution < 1.29 is 38.8 Å². The van der Waals surface area contributed by atoms with Crippen molar-refractivity contribution >= 4 is 6.16 Å². The van der Waals surface area contributed by atoms with E-state index < -0.39 is 29.9 Å². The van der Waals surface area contributed by atoms with Crippen LogP contribution in [0.25, 0.3) is 0 Å². The number of ether oxygens (including phenoxy) is 4. The Balaban J connectivity index is 1.41. The molecule has 0 aromatic heterocycles. The van der Waals surface area contributed by atoms with E-state index in [-0.39, 0.29) is 13.1 Å². The number of hydroxylamine groups is 2. The Kier molecular flexibility index (Phi) is 9.95. The quantitative estimate of drug-likeness (QED) is 0.371. The first-order valence-electron chi connectivity index (χ1n) is 12.1. The first kappa shape index (κ1) is 27.7. The van der Waals surface area contributed by atoms with Gasteiger partial charge in [0.1, 0.15) is 17.1 Å². The van der Waals surface area contributed by atoms with Gasteiger partial charge in [0.25, 0.3) is 0 Å². The summed E-state index contributed by atoms with van der Waals surface area (Å²) in [5, 5.41) is 22.5. The van der Waals surface area contributed by atoms with Crippen LogP contribution < -0.4 is 9.47 Å². The lowest BCUT2D eigenvalue weighted by molar-refractivity contribution is -0.191. The van der Waals surface area contributed by atoms with Crippen LogP contribution in [0.4, 0.5) is 4.79 Å². The first-order chi connectivity index (χ1) is 17.2. The number of carbonyl (C=O) groups is 1. The van der Waals surface area contributed by atoms with Crippen LogP contribution in [0.5, 0.6) is 11.5 Å². The lowest BCUT2D eigenvalue weighted by Crippen LogP contribution is -2.51. The number of nitrogens with zero attached hydrogens (tertiary/aromatic N) is 1. The number of rotatable bonds is 10. The fraction of sp³-hybridized carbons (Fsp3) is 0.519. The first-order valence-corrected chi connectivity index (χ1v) is 12.1. The molecular formula is C27H37NO8. The summed E-state index contributed by atoms with van der Waals surface area (Å²) < 4.78 is 22.0. The Morgan fingerprint density at radius 1 is 1.00 bits per heavy atom. The van der Waals surface area contributed by atoms with Crippen LogP contribution in [0.15, 0.2) is 48.5 Å². The van der Waals surface area contributed by atoms with Gasteiger partial charge in [-0.15, -0.1) is 5.06 Å². The monoisotopic (exact) mass is 503 g/mol. The van der Waals surface area contributed by atoms with Gasteiger partial charge in [-0.25, -0.2) is 4.79 Å². The second-order valence-corrected chi connectivity index (χ2v) is 9.70. The largest absolute Gasteiger partial charge is 0.528 e. The van der Waals surface area contributed by atoms with Gasteiger partial charge in [-0.2, -0.15) is 0 Å². The molecule has 36 heavy (non-hydrogen) atoms. The Labute approximate surface area is 212 Å². The highest BCUT2D eigenvalue weighted by Gasteiger charge is 2.38. The van der Waals surface area contributed by atoms with Gasteiger partial charge in [0.15, 0.2) is 0 Å². The molecule has 3 atom stereocenters. The van der Waals surface area contributed by atoms with Crippen LogP contribution in [0.2, 0.25) is 0 Å². The molecule has 1 unspecified atom stereocenters. The van der Waals surface area contributed by atoms with Crippen molar-refractivity contribution in [2.24, 2.45) is 0 Å². The summed E-state index contributed by atoms with van der Waals surface area (Å²) in [6.07, 6.45) is -2.00. The Morgan fingerprint density at radius 3 is 2.31 bits per heavy atom. The molecule has 9 heteroatoms. The van der Waals surface area contributed by atoms with E-state index in [1.165, 1.54) is 5.06 Å². The molecule has 1 heterocycles. The zero-order chi connectivity index (χ0) is 26.1. The van der Waals surface area contributed by atoms with E-state index in [2.05, 4.69) is 0 Å². The lowest BCUT2D eigenvalue weighted by Gasteiger charge is -2.38. The highest BCUT2D eigenvalue weighted by molar-refractivity contribution is 5.60. The number of aliphatic hydroxyl groups excluding tert-OH is 2. The second-order valence-electron chi connectivity index (χ2n) is 9.70. The minimum atomic E-state index is -0.927. The van der Waals surface area contributed by atoms with Crippen molar-refractivity contribution in [1.29, 1.82) is 0 Å². The van der Waals surface area contributed by atoms with E-state index in [1.54, 1.807) is 27.9 Å². The van der Waals surface area contributed by atoms with Gasteiger partial charge in [0, 0.05) is 17.9 Å². The topological polar surface area (TPSA) is 107 Å². The van der Waals surface area contributed by atoms with Gasteiger partial charge < -0.3 is 34.0 Å². The zero-order valence-corrected chi connectivity index (χ0v) is 21.4. The lowest BCUT2D eigenvalue weighted by atomic mass is 9.85. The van der Waals surface area contributed by atoms with Crippen LogP contribution >= 0.6 is 0 Å². The Bertz CT molecular complexity index is 947. The SMILES string of the molecule is COc1ccccc1COCCCOc1ccc(C2[C@H](O)CN(OC(=O)OC(C)(C)C)C[C@@H]2O)cc1. The summed E-state index contributed by atoms with van der Waals surface area (Å²) in [5.41, 5.74) is 1.09. The third-order valence-electron chi connectivity index (χ3n) is 5.62. The van der Waals surface area contributed by atoms with Gasteiger partial charge in [-0.1, -0.05) is 30.3 Å². The van der Waals surface area contributed by atoms with Crippen molar-refractivity contribution in [3.63, 3.8) is 0 Å². The molecule has 0 aliphatic carbocycles. The molecule has 0 amide bonds. The molecule has 2 aromatic rings. The number of carbonyl (C=O) groups excluding carboxylic acids is 1. The summed E-state index contributed by atoms with van der Waals surface area (Å²) in [7, 11) is 1.64. The third-order valence-corrected chi connectivity index (χ3v) is 5.62.